The molecule has 2 heterocycles. The van der Waals surface area contributed by atoms with E-state index in [-0.39, 0.29) is 17.2 Å². The van der Waals surface area contributed by atoms with Gasteiger partial charge in [0.15, 0.2) is 0 Å². The van der Waals surface area contributed by atoms with Gasteiger partial charge in [-0.1, -0.05) is 19.3 Å². The van der Waals surface area contributed by atoms with Crippen molar-refractivity contribution in [3.63, 3.8) is 0 Å². The minimum Gasteiger partial charge on any atom is -0.477 e. The fraction of sp³-hybridized carbons (Fsp3) is 0.400. The van der Waals surface area contributed by atoms with E-state index in [0.717, 1.165) is 12.8 Å². The molecule has 1 amide bonds. The Morgan fingerprint density at radius 1 is 1.17 bits per heavy atom. The Morgan fingerprint density at radius 2 is 1.96 bits per heavy atom. The van der Waals surface area contributed by atoms with Crippen molar-refractivity contribution in [2.75, 3.05) is 5.32 Å². The molecule has 1 fully saturated rings. The second-order valence-electron chi connectivity index (χ2n) is 5.53. The number of rotatable bonds is 4. The molecule has 0 aliphatic heterocycles. The second kappa shape index (κ2) is 6.55. The van der Waals surface area contributed by atoms with Crippen LogP contribution in [0.2, 0.25) is 0 Å². The van der Waals surface area contributed by atoms with Crippen LogP contribution in [0.15, 0.2) is 24.7 Å². The predicted molar refractivity (Wildman–Crippen MR) is 81.3 cm³/mol. The number of aromatic carboxylic acids is 1. The summed E-state index contributed by atoms with van der Waals surface area (Å²) in [5, 5.41) is 15.7. The highest BCUT2D eigenvalue weighted by molar-refractivity contribution is 6.03. The summed E-state index contributed by atoms with van der Waals surface area (Å²) >= 11 is 0. The van der Waals surface area contributed by atoms with Gasteiger partial charge in [-0.15, -0.1) is 5.10 Å². The van der Waals surface area contributed by atoms with Crippen LogP contribution >= 0.6 is 0 Å². The molecule has 1 aliphatic carbocycles. The van der Waals surface area contributed by atoms with E-state index < -0.39 is 11.9 Å². The number of carboxylic acid groups (broad SMARTS) is 1. The van der Waals surface area contributed by atoms with Crippen LogP contribution in [0.4, 0.5) is 5.95 Å². The average Bonchev–Trinajstić information content (AvgIpc) is 3.04. The van der Waals surface area contributed by atoms with Crippen LogP contribution in [0.25, 0.3) is 0 Å². The third kappa shape index (κ3) is 3.53. The number of nitrogens with zero attached hydrogens (tertiary/aromatic N) is 4. The summed E-state index contributed by atoms with van der Waals surface area (Å²) in [6.45, 7) is 0. The molecular weight excluding hydrogens is 298 g/mol. The maximum atomic E-state index is 12.1. The Morgan fingerprint density at radius 3 is 2.61 bits per heavy atom. The van der Waals surface area contributed by atoms with Gasteiger partial charge in [-0.25, -0.2) is 19.4 Å². The molecule has 1 saturated carbocycles. The molecule has 8 nitrogen and oxygen atoms in total. The van der Waals surface area contributed by atoms with E-state index >= 15 is 0 Å². The smallest absolute Gasteiger partial charge is 0.354 e. The van der Waals surface area contributed by atoms with Gasteiger partial charge < -0.3 is 5.11 Å². The first-order valence-corrected chi connectivity index (χ1v) is 7.55. The Labute approximate surface area is 132 Å². The van der Waals surface area contributed by atoms with Gasteiger partial charge in [0.2, 0.25) is 5.95 Å². The number of nitrogens with one attached hydrogen (secondary N) is 1. The summed E-state index contributed by atoms with van der Waals surface area (Å²) in [6, 6.07) is 3.04. The molecule has 2 aromatic heterocycles. The van der Waals surface area contributed by atoms with E-state index in [4.69, 9.17) is 5.11 Å². The lowest BCUT2D eigenvalue weighted by molar-refractivity contribution is 0.0690. The minimum absolute atomic E-state index is 0.110. The molecule has 2 N–H and O–H groups in total. The molecule has 1 aliphatic rings. The van der Waals surface area contributed by atoms with E-state index in [1.165, 1.54) is 37.6 Å². The molecule has 120 valence electrons. The van der Waals surface area contributed by atoms with Gasteiger partial charge in [-0.2, -0.15) is 0 Å². The number of hydrogen-bond acceptors (Lipinski definition) is 5. The van der Waals surface area contributed by atoms with E-state index in [1.54, 1.807) is 11.0 Å². The molecule has 0 unspecified atom stereocenters. The largest absolute Gasteiger partial charge is 0.477 e. The first-order chi connectivity index (χ1) is 11.1. The van der Waals surface area contributed by atoms with E-state index in [1.807, 2.05) is 0 Å². The first-order valence-electron chi connectivity index (χ1n) is 7.55. The number of carbonyl (C=O) groups excluding carboxylic acids is 1. The number of aromatic nitrogens is 4. The predicted octanol–water partition coefficient (Wildman–Crippen LogP) is 2.13. The molecule has 0 spiro atoms. The zero-order valence-electron chi connectivity index (χ0n) is 12.5. The number of hydrogen-bond donors (Lipinski definition) is 2. The van der Waals surface area contributed by atoms with Gasteiger partial charge in [0.1, 0.15) is 12.0 Å². The van der Waals surface area contributed by atoms with Gasteiger partial charge >= 0.3 is 5.97 Å². The zero-order valence-corrected chi connectivity index (χ0v) is 12.5. The van der Waals surface area contributed by atoms with Crippen molar-refractivity contribution in [1.29, 1.82) is 0 Å². The van der Waals surface area contributed by atoms with Crippen molar-refractivity contribution in [3.8, 4) is 0 Å². The van der Waals surface area contributed by atoms with E-state index in [0.29, 0.717) is 6.04 Å². The molecule has 23 heavy (non-hydrogen) atoms. The Balaban J connectivity index is 1.65. The van der Waals surface area contributed by atoms with Crippen LogP contribution in [-0.4, -0.2) is 36.7 Å². The zero-order chi connectivity index (χ0) is 16.2. The van der Waals surface area contributed by atoms with Crippen LogP contribution in [0.3, 0.4) is 0 Å². The maximum Gasteiger partial charge on any atom is 0.354 e. The Bertz CT molecular complexity index is 704. The molecule has 0 aromatic carbocycles. The van der Waals surface area contributed by atoms with E-state index in [9.17, 15) is 9.59 Å². The van der Waals surface area contributed by atoms with Crippen molar-refractivity contribution < 1.29 is 14.7 Å². The quantitative estimate of drug-likeness (QED) is 0.894. The average molecular weight is 315 g/mol. The van der Waals surface area contributed by atoms with Crippen LogP contribution in [0.5, 0.6) is 0 Å². The normalized spacial score (nSPS) is 15.3. The lowest BCUT2D eigenvalue weighted by Gasteiger charge is -2.21. The molecule has 3 rings (SSSR count). The van der Waals surface area contributed by atoms with Gasteiger partial charge in [-0.05, 0) is 25.0 Å². The van der Waals surface area contributed by atoms with Crippen molar-refractivity contribution in [3.05, 3.63) is 35.9 Å². The fourth-order valence-electron chi connectivity index (χ4n) is 2.68. The maximum absolute atomic E-state index is 12.1. The van der Waals surface area contributed by atoms with Gasteiger partial charge in [0.05, 0.1) is 11.6 Å². The van der Waals surface area contributed by atoms with Crippen LogP contribution in [0.1, 0.15) is 59.0 Å². The summed E-state index contributed by atoms with van der Waals surface area (Å²) in [6.07, 6.45) is 8.65. The molecule has 0 radical (unpaired) electrons. The highest BCUT2D eigenvalue weighted by Gasteiger charge is 2.17. The molecule has 0 atom stereocenters. The molecule has 0 bridgehead atoms. The van der Waals surface area contributed by atoms with Gasteiger partial charge in [-0.3, -0.25) is 10.1 Å². The van der Waals surface area contributed by atoms with Crippen molar-refractivity contribution in [2.45, 2.75) is 38.1 Å². The van der Waals surface area contributed by atoms with Crippen molar-refractivity contribution in [1.82, 2.24) is 19.7 Å². The standard InChI is InChI=1S/C15H17N5O3/c21-13(10-6-7-12(14(22)23)16-8-10)18-15-17-9-20(19-15)11-4-2-1-3-5-11/h6-9,11H,1-5H2,(H,22,23)(H,18,19,21). The molecular formula is C15H17N5O3. The minimum atomic E-state index is -1.13. The number of carbonyl (C=O) groups is 2. The third-order valence-electron chi connectivity index (χ3n) is 3.93. The number of amides is 1. The number of anilines is 1. The lowest BCUT2D eigenvalue weighted by Crippen LogP contribution is -2.16. The second-order valence-corrected chi connectivity index (χ2v) is 5.53. The van der Waals surface area contributed by atoms with Crippen molar-refractivity contribution >= 4 is 17.8 Å². The summed E-state index contributed by atoms with van der Waals surface area (Å²) in [4.78, 5) is 30.7. The summed E-state index contributed by atoms with van der Waals surface area (Å²) < 4.78 is 1.81. The topological polar surface area (TPSA) is 110 Å². The molecule has 2 aromatic rings. The van der Waals surface area contributed by atoms with Gasteiger partial charge in [0, 0.05) is 6.20 Å². The Kier molecular flexibility index (Phi) is 4.31. The highest BCUT2D eigenvalue weighted by atomic mass is 16.4. The summed E-state index contributed by atoms with van der Waals surface area (Å²) in [5.41, 5.74) is 0.144. The van der Waals surface area contributed by atoms with E-state index in [2.05, 4.69) is 20.4 Å². The van der Waals surface area contributed by atoms with Gasteiger partial charge in [0.25, 0.3) is 5.91 Å². The first kappa shape index (κ1) is 15.1. The van der Waals surface area contributed by atoms with Crippen LogP contribution in [0, 0.1) is 0 Å². The third-order valence-corrected chi connectivity index (χ3v) is 3.93. The van der Waals surface area contributed by atoms with Crippen molar-refractivity contribution in [2.24, 2.45) is 0 Å². The lowest BCUT2D eigenvalue weighted by atomic mass is 9.96. The van der Waals surface area contributed by atoms with Crippen LogP contribution < -0.4 is 5.32 Å². The SMILES string of the molecule is O=C(Nc1ncn(C2CCCCC2)n1)c1ccc(C(=O)O)nc1. The highest BCUT2D eigenvalue weighted by Crippen LogP contribution is 2.27. The molecule has 0 saturated heterocycles. The number of pyridine rings is 1. The monoisotopic (exact) mass is 315 g/mol. The summed E-state index contributed by atoms with van der Waals surface area (Å²) in [7, 11) is 0. The Hall–Kier alpha value is -2.77. The number of carboxylic acids is 1. The summed E-state index contributed by atoms with van der Waals surface area (Å²) in [5.74, 6) is -1.32. The molecule has 8 heteroatoms. The van der Waals surface area contributed by atoms with Crippen LogP contribution in [-0.2, 0) is 0 Å². The fourth-order valence-corrected chi connectivity index (χ4v) is 2.68.